The number of nitrogens with zero attached hydrogens (tertiary/aromatic N) is 2. The summed E-state index contributed by atoms with van der Waals surface area (Å²) in [5.74, 6) is 0. The van der Waals surface area contributed by atoms with Gasteiger partial charge in [-0.25, -0.2) is 4.68 Å². The zero-order valence-electron chi connectivity index (χ0n) is 5.47. The summed E-state index contributed by atoms with van der Waals surface area (Å²) in [6.07, 6.45) is 1.45. The molecule has 0 saturated carbocycles. The van der Waals surface area contributed by atoms with Gasteiger partial charge in [0.2, 0.25) is 0 Å². The molecule has 1 rings (SSSR count). The second kappa shape index (κ2) is 2.42. The third-order valence-corrected chi connectivity index (χ3v) is 1.55. The number of aryl methyl sites for hydroxylation is 1. The van der Waals surface area contributed by atoms with Crippen molar-refractivity contribution in [2.45, 2.75) is 0 Å². The Hall–Kier alpha value is -0.830. The minimum absolute atomic E-state index is 0.137. The van der Waals surface area contributed by atoms with E-state index in [4.69, 9.17) is 11.6 Å². The lowest BCUT2D eigenvalue weighted by Crippen LogP contribution is -2.20. The second-order valence-corrected chi connectivity index (χ2v) is 2.29. The lowest BCUT2D eigenvalue weighted by atomic mass is 10.3. The van der Waals surface area contributed by atoms with E-state index in [0.717, 1.165) is 4.68 Å². The summed E-state index contributed by atoms with van der Waals surface area (Å²) in [7, 11) is 1.54. The number of aromatic nitrogens is 2. The molecule has 0 aliphatic heterocycles. The first kappa shape index (κ1) is 7.28. The largest absolute Gasteiger partial charge is 0.285 e. The van der Waals surface area contributed by atoms with Gasteiger partial charge in [0.25, 0.3) is 5.56 Å². The molecule has 0 aliphatic carbocycles. The van der Waals surface area contributed by atoms with Crippen molar-refractivity contribution in [1.82, 2.24) is 9.78 Å². The maximum atomic E-state index is 10.9. The van der Waals surface area contributed by atoms with Crippen LogP contribution in [-0.4, -0.2) is 9.78 Å². The molecule has 0 aromatic carbocycles. The summed E-state index contributed by atoms with van der Waals surface area (Å²) < 4.78 is 1.16. The Bertz CT molecular complexity index is 305. The number of halogens is 1. The van der Waals surface area contributed by atoms with Crippen LogP contribution in [0.15, 0.2) is 11.0 Å². The van der Waals surface area contributed by atoms with Gasteiger partial charge in [0.15, 0.2) is 0 Å². The Morgan fingerprint density at radius 2 is 2.40 bits per heavy atom. The maximum Gasteiger partial charge on any atom is 0.285 e. The highest BCUT2D eigenvalue weighted by molar-refractivity contribution is 6.31. The smallest absolute Gasteiger partial charge is 0.266 e. The van der Waals surface area contributed by atoms with E-state index in [1.54, 1.807) is 0 Å². The van der Waals surface area contributed by atoms with Crippen LogP contribution in [0.4, 0.5) is 0 Å². The van der Waals surface area contributed by atoms with Gasteiger partial charge in [-0.05, 0) is 12.5 Å². The SMILES string of the molecule is [CH2]c1cnn(C)c(=O)c1Cl. The van der Waals surface area contributed by atoms with Crippen LogP contribution in [0.1, 0.15) is 5.56 Å². The van der Waals surface area contributed by atoms with Crippen molar-refractivity contribution in [2.24, 2.45) is 7.05 Å². The van der Waals surface area contributed by atoms with Gasteiger partial charge in [-0.3, -0.25) is 4.79 Å². The third-order valence-electron chi connectivity index (χ3n) is 1.15. The molecule has 0 unspecified atom stereocenters. The molecule has 0 saturated heterocycles. The molecule has 1 aromatic rings. The van der Waals surface area contributed by atoms with Crippen LogP contribution in [0.2, 0.25) is 5.02 Å². The summed E-state index contributed by atoms with van der Waals surface area (Å²) >= 11 is 5.55. The Kier molecular flexibility index (Phi) is 1.76. The highest BCUT2D eigenvalue weighted by Gasteiger charge is 2.00. The molecule has 0 amide bonds. The molecule has 10 heavy (non-hydrogen) atoms. The molecule has 1 heterocycles. The van der Waals surface area contributed by atoms with E-state index in [0.29, 0.717) is 5.56 Å². The molecule has 4 heteroatoms. The molecular formula is C6H6ClN2O. The van der Waals surface area contributed by atoms with Crippen molar-refractivity contribution < 1.29 is 0 Å². The minimum atomic E-state index is -0.311. The molecule has 0 aliphatic rings. The van der Waals surface area contributed by atoms with Gasteiger partial charge < -0.3 is 0 Å². The number of hydrogen-bond acceptors (Lipinski definition) is 2. The first-order valence-corrected chi connectivity index (χ1v) is 3.04. The first-order valence-electron chi connectivity index (χ1n) is 2.66. The standard InChI is InChI=1S/C6H6ClN2O/c1-4-3-8-9(2)6(10)5(4)7/h3H,1H2,2H3. The molecule has 1 aromatic heterocycles. The van der Waals surface area contributed by atoms with Crippen molar-refractivity contribution in [3.05, 3.63) is 34.1 Å². The van der Waals surface area contributed by atoms with E-state index in [1.165, 1.54) is 13.2 Å². The van der Waals surface area contributed by atoms with Gasteiger partial charge in [-0.2, -0.15) is 5.10 Å². The van der Waals surface area contributed by atoms with Crippen LogP contribution in [0, 0.1) is 6.92 Å². The molecule has 0 atom stereocenters. The minimum Gasteiger partial charge on any atom is -0.266 e. The molecule has 3 nitrogen and oxygen atoms in total. The van der Waals surface area contributed by atoms with Gasteiger partial charge in [0.05, 0.1) is 6.20 Å². The Balaban J connectivity index is 3.50. The average molecular weight is 158 g/mol. The van der Waals surface area contributed by atoms with E-state index in [-0.39, 0.29) is 10.6 Å². The maximum absolute atomic E-state index is 10.9. The molecule has 53 valence electrons. The summed E-state index contributed by atoms with van der Waals surface area (Å²) in [6, 6.07) is 0. The van der Waals surface area contributed by atoms with Crippen LogP contribution < -0.4 is 5.56 Å². The summed E-state index contributed by atoms with van der Waals surface area (Å²) in [4.78, 5) is 10.9. The Labute approximate surface area is 63.2 Å². The zero-order chi connectivity index (χ0) is 7.72. The predicted molar refractivity (Wildman–Crippen MR) is 38.9 cm³/mol. The summed E-state index contributed by atoms with van der Waals surface area (Å²) in [6.45, 7) is 3.51. The van der Waals surface area contributed by atoms with Crippen molar-refractivity contribution in [3.8, 4) is 0 Å². The van der Waals surface area contributed by atoms with Gasteiger partial charge >= 0.3 is 0 Å². The van der Waals surface area contributed by atoms with Gasteiger partial charge in [-0.1, -0.05) is 11.6 Å². The van der Waals surface area contributed by atoms with E-state index in [9.17, 15) is 4.79 Å². The van der Waals surface area contributed by atoms with Crippen LogP contribution in [-0.2, 0) is 7.05 Å². The van der Waals surface area contributed by atoms with E-state index < -0.39 is 0 Å². The van der Waals surface area contributed by atoms with Gasteiger partial charge in [0.1, 0.15) is 5.02 Å². The third kappa shape index (κ3) is 1.04. The van der Waals surface area contributed by atoms with E-state index in [1.807, 2.05) is 0 Å². The topological polar surface area (TPSA) is 34.9 Å². The quantitative estimate of drug-likeness (QED) is 0.553. The highest BCUT2D eigenvalue weighted by Crippen LogP contribution is 2.04. The predicted octanol–water partition coefficient (Wildman–Crippen LogP) is 0.616. The van der Waals surface area contributed by atoms with Crippen LogP contribution in [0.3, 0.4) is 0 Å². The average Bonchev–Trinajstić information content (AvgIpc) is 1.93. The van der Waals surface area contributed by atoms with Crippen molar-refractivity contribution >= 4 is 11.6 Å². The Morgan fingerprint density at radius 1 is 1.80 bits per heavy atom. The summed E-state index contributed by atoms with van der Waals surface area (Å²) in [5, 5.41) is 3.83. The lowest BCUT2D eigenvalue weighted by molar-refractivity contribution is 0.705. The van der Waals surface area contributed by atoms with Crippen molar-refractivity contribution in [3.63, 3.8) is 0 Å². The summed E-state index contributed by atoms with van der Waals surface area (Å²) in [5.41, 5.74) is 0.152. The Morgan fingerprint density at radius 3 is 2.90 bits per heavy atom. The van der Waals surface area contributed by atoms with Crippen LogP contribution in [0.25, 0.3) is 0 Å². The molecule has 1 radical (unpaired) electrons. The van der Waals surface area contributed by atoms with E-state index >= 15 is 0 Å². The molecule has 0 fully saturated rings. The second-order valence-electron chi connectivity index (χ2n) is 1.91. The molecule has 0 N–H and O–H groups in total. The normalized spacial score (nSPS) is 9.90. The van der Waals surface area contributed by atoms with Gasteiger partial charge in [-0.15, -0.1) is 0 Å². The van der Waals surface area contributed by atoms with E-state index in [2.05, 4.69) is 12.0 Å². The monoisotopic (exact) mass is 157 g/mol. The first-order chi connectivity index (χ1) is 4.63. The molecule has 0 spiro atoms. The highest BCUT2D eigenvalue weighted by atomic mass is 35.5. The van der Waals surface area contributed by atoms with Gasteiger partial charge in [0, 0.05) is 7.05 Å². The molecule has 0 bridgehead atoms. The number of hydrogen-bond donors (Lipinski definition) is 0. The zero-order valence-corrected chi connectivity index (χ0v) is 6.22. The fraction of sp³-hybridized carbons (Fsp3) is 0.167. The fourth-order valence-electron chi connectivity index (χ4n) is 0.545. The van der Waals surface area contributed by atoms with Crippen LogP contribution in [0.5, 0.6) is 0 Å². The van der Waals surface area contributed by atoms with Crippen molar-refractivity contribution in [1.29, 1.82) is 0 Å². The van der Waals surface area contributed by atoms with Crippen molar-refractivity contribution in [2.75, 3.05) is 0 Å². The number of rotatable bonds is 0. The fourth-order valence-corrected chi connectivity index (χ4v) is 0.716. The molecular weight excluding hydrogens is 152 g/mol. The van der Waals surface area contributed by atoms with Crippen LogP contribution >= 0.6 is 11.6 Å². The lowest BCUT2D eigenvalue weighted by Gasteiger charge is -1.97.